The number of carbonyl (C=O) groups is 2. The lowest BCUT2D eigenvalue weighted by Crippen LogP contribution is -2.43. The summed E-state index contributed by atoms with van der Waals surface area (Å²) in [5.74, 6) is -0.840. The maximum Gasteiger partial charge on any atom is 0.252 e. The Morgan fingerprint density at radius 3 is 2.59 bits per heavy atom. The number of rotatable bonds is 5. The Kier molecular flexibility index (Phi) is 5.78. The molecule has 1 saturated heterocycles. The topological polar surface area (TPSA) is 83.6 Å². The number of carbonyl (C=O) groups excluding carboxylic acids is 2. The third kappa shape index (κ3) is 4.28. The summed E-state index contributed by atoms with van der Waals surface area (Å²) in [7, 11) is -3.58. The molecule has 1 atom stereocenters. The first-order chi connectivity index (χ1) is 12.8. The molecule has 1 amide bonds. The number of amides is 1. The Morgan fingerprint density at radius 1 is 1.19 bits per heavy atom. The van der Waals surface area contributed by atoms with Crippen LogP contribution in [0.5, 0.6) is 0 Å². The number of Topliss-reactive ketones (excluding diaryl/α,β-unsaturated/α-hetero) is 1. The van der Waals surface area contributed by atoms with Crippen molar-refractivity contribution in [3.63, 3.8) is 0 Å². The van der Waals surface area contributed by atoms with E-state index >= 15 is 0 Å². The minimum Gasteiger partial charge on any atom is -0.325 e. The summed E-state index contributed by atoms with van der Waals surface area (Å²) in [5.41, 5.74) is 0.907. The van der Waals surface area contributed by atoms with E-state index in [9.17, 15) is 18.0 Å². The van der Waals surface area contributed by atoms with Crippen molar-refractivity contribution >= 4 is 38.7 Å². The molecular formula is C19H22N2O4S2. The van der Waals surface area contributed by atoms with E-state index in [1.54, 1.807) is 36.4 Å². The second-order valence-electron chi connectivity index (χ2n) is 6.66. The Labute approximate surface area is 163 Å². The number of thiophene rings is 1. The first kappa shape index (κ1) is 19.7. The number of sulfonamides is 1. The van der Waals surface area contributed by atoms with Gasteiger partial charge in [0.2, 0.25) is 5.91 Å². The molecule has 3 rings (SSSR count). The summed E-state index contributed by atoms with van der Waals surface area (Å²) in [5, 5.41) is 2.80. The third-order valence-corrected chi connectivity index (χ3v) is 7.96. The van der Waals surface area contributed by atoms with E-state index in [0.29, 0.717) is 34.8 Å². The van der Waals surface area contributed by atoms with Gasteiger partial charge in [-0.3, -0.25) is 9.59 Å². The molecule has 27 heavy (non-hydrogen) atoms. The van der Waals surface area contributed by atoms with E-state index in [1.807, 2.05) is 6.92 Å². The number of benzene rings is 1. The van der Waals surface area contributed by atoms with Crippen molar-refractivity contribution in [3.8, 4) is 0 Å². The smallest absolute Gasteiger partial charge is 0.252 e. The Balaban J connectivity index is 1.75. The van der Waals surface area contributed by atoms with Crippen molar-refractivity contribution in [1.82, 2.24) is 4.31 Å². The van der Waals surface area contributed by atoms with Crippen molar-refractivity contribution in [2.75, 3.05) is 18.4 Å². The number of para-hydroxylation sites is 1. The second kappa shape index (κ2) is 7.92. The summed E-state index contributed by atoms with van der Waals surface area (Å²) in [6.07, 6.45) is 1.24. The van der Waals surface area contributed by atoms with Crippen LogP contribution in [0.2, 0.25) is 0 Å². The van der Waals surface area contributed by atoms with Gasteiger partial charge in [-0.25, -0.2) is 8.42 Å². The number of nitrogens with zero attached hydrogens (tertiary/aromatic N) is 1. The Bertz CT molecular complexity index is 966. The zero-order valence-corrected chi connectivity index (χ0v) is 16.9. The van der Waals surface area contributed by atoms with Crippen LogP contribution >= 0.6 is 11.3 Å². The molecule has 1 N–H and O–H groups in total. The number of anilines is 1. The number of ketones is 1. The van der Waals surface area contributed by atoms with Gasteiger partial charge < -0.3 is 5.32 Å². The van der Waals surface area contributed by atoms with Crippen LogP contribution in [-0.4, -0.2) is 37.5 Å². The van der Waals surface area contributed by atoms with Gasteiger partial charge >= 0.3 is 0 Å². The van der Waals surface area contributed by atoms with Crippen molar-refractivity contribution < 1.29 is 18.0 Å². The van der Waals surface area contributed by atoms with Gasteiger partial charge in [0.1, 0.15) is 4.21 Å². The molecule has 8 heteroatoms. The fourth-order valence-electron chi connectivity index (χ4n) is 3.19. The molecule has 0 radical (unpaired) electrons. The molecule has 6 nitrogen and oxygen atoms in total. The molecule has 1 aromatic heterocycles. The van der Waals surface area contributed by atoms with Gasteiger partial charge in [0, 0.05) is 23.5 Å². The summed E-state index contributed by atoms with van der Waals surface area (Å²) in [6, 6.07) is 10.2. The summed E-state index contributed by atoms with van der Waals surface area (Å²) < 4.78 is 27.4. The standard InChI is InChI=1S/C19H22N2O4S2/c1-13-9-10-18(26-13)27(24,25)21-11-5-6-15(12-21)19(23)20-17-8-4-3-7-16(17)14(2)22/h3-4,7-10,15H,5-6,11-12H2,1-2H3,(H,20,23). The maximum absolute atomic E-state index is 12.8. The molecule has 1 aliphatic rings. The highest BCUT2D eigenvalue weighted by molar-refractivity contribution is 7.91. The molecule has 1 unspecified atom stereocenters. The average Bonchev–Trinajstić information content (AvgIpc) is 3.09. The molecule has 144 valence electrons. The van der Waals surface area contributed by atoms with Gasteiger partial charge in [-0.1, -0.05) is 12.1 Å². The number of aryl methyl sites for hydroxylation is 1. The van der Waals surface area contributed by atoms with Gasteiger partial charge in [-0.15, -0.1) is 11.3 Å². The first-order valence-corrected chi connectivity index (χ1v) is 11.0. The molecule has 1 aliphatic heterocycles. The molecule has 1 aromatic carbocycles. The highest BCUT2D eigenvalue weighted by Gasteiger charge is 2.34. The third-order valence-electron chi connectivity index (χ3n) is 4.63. The zero-order valence-electron chi connectivity index (χ0n) is 15.3. The van der Waals surface area contributed by atoms with Crippen LogP contribution < -0.4 is 5.32 Å². The van der Waals surface area contributed by atoms with E-state index in [1.165, 1.54) is 22.6 Å². The fourth-order valence-corrected chi connectivity index (χ4v) is 6.15. The average molecular weight is 407 g/mol. The van der Waals surface area contributed by atoms with E-state index in [2.05, 4.69) is 5.32 Å². The Morgan fingerprint density at radius 2 is 1.93 bits per heavy atom. The summed E-state index contributed by atoms with van der Waals surface area (Å²) >= 11 is 1.24. The molecule has 0 spiro atoms. The molecule has 0 saturated carbocycles. The quantitative estimate of drug-likeness (QED) is 0.772. The molecule has 2 heterocycles. The van der Waals surface area contributed by atoms with Gasteiger partial charge in [0.15, 0.2) is 5.78 Å². The normalized spacial score (nSPS) is 18.2. The van der Waals surface area contributed by atoms with E-state index in [0.717, 1.165) is 4.88 Å². The number of piperidine rings is 1. The van der Waals surface area contributed by atoms with Gasteiger partial charge in [-0.05, 0) is 51.0 Å². The first-order valence-electron chi connectivity index (χ1n) is 8.76. The van der Waals surface area contributed by atoms with Crippen LogP contribution in [0, 0.1) is 12.8 Å². The van der Waals surface area contributed by atoms with Crippen molar-refractivity contribution in [2.24, 2.45) is 5.92 Å². The largest absolute Gasteiger partial charge is 0.325 e. The van der Waals surface area contributed by atoms with E-state index in [-0.39, 0.29) is 18.2 Å². The predicted molar refractivity (Wildman–Crippen MR) is 106 cm³/mol. The number of hydrogen-bond donors (Lipinski definition) is 1. The molecule has 2 aromatic rings. The van der Waals surface area contributed by atoms with Crippen LogP contribution in [0.25, 0.3) is 0 Å². The van der Waals surface area contributed by atoms with Crippen LogP contribution in [-0.2, 0) is 14.8 Å². The molecule has 1 fully saturated rings. The SMILES string of the molecule is CC(=O)c1ccccc1NC(=O)C1CCCN(S(=O)(=O)c2ccc(C)s2)C1. The minimum atomic E-state index is -3.58. The predicted octanol–water partition coefficient (Wildman–Crippen LogP) is 3.30. The second-order valence-corrected chi connectivity index (χ2v) is 10.1. The highest BCUT2D eigenvalue weighted by Crippen LogP contribution is 2.29. The molecular weight excluding hydrogens is 384 g/mol. The molecule has 0 bridgehead atoms. The fraction of sp³-hybridized carbons (Fsp3) is 0.368. The van der Waals surface area contributed by atoms with Crippen LogP contribution in [0.3, 0.4) is 0 Å². The lowest BCUT2D eigenvalue weighted by atomic mass is 9.98. The lowest BCUT2D eigenvalue weighted by molar-refractivity contribution is -0.120. The Hall–Kier alpha value is -2.03. The number of nitrogens with one attached hydrogen (secondary N) is 1. The van der Waals surface area contributed by atoms with Gasteiger partial charge in [0.25, 0.3) is 10.0 Å². The lowest BCUT2D eigenvalue weighted by Gasteiger charge is -2.30. The maximum atomic E-state index is 12.8. The highest BCUT2D eigenvalue weighted by atomic mass is 32.2. The van der Waals surface area contributed by atoms with Crippen LogP contribution in [0.1, 0.15) is 35.0 Å². The monoisotopic (exact) mass is 406 g/mol. The zero-order chi connectivity index (χ0) is 19.6. The summed E-state index contributed by atoms with van der Waals surface area (Å²) in [4.78, 5) is 25.4. The van der Waals surface area contributed by atoms with Crippen LogP contribution in [0.15, 0.2) is 40.6 Å². The van der Waals surface area contributed by atoms with Crippen molar-refractivity contribution in [1.29, 1.82) is 0 Å². The van der Waals surface area contributed by atoms with Gasteiger partial charge in [-0.2, -0.15) is 4.31 Å². The van der Waals surface area contributed by atoms with Crippen molar-refractivity contribution in [2.45, 2.75) is 30.9 Å². The van der Waals surface area contributed by atoms with Crippen LogP contribution in [0.4, 0.5) is 5.69 Å². The van der Waals surface area contributed by atoms with Gasteiger partial charge in [0.05, 0.1) is 11.6 Å². The van der Waals surface area contributed by atoms with E-state index < -0.39 is 15.9 Å². The number of hydrogen-bond acceptors (Lipinski definition) is 5. The molecule has 0 aliphatic carbocycles. The summed E-state index contributed by atoms with van der Waals surface area (Å²) in [6.45, 7) is 3.87. The minimum absolute atomic E-state index is 0.133. The van der Waals surface area contributed by atoms with Crippen molar-refractivity contribution in [3.05, 3.63) is 46.8 Å². The van der Waals surface area contributed by atoms with E-state index in [4.69, 9.17) is 0 Å².